The molecule has 0 atom stereocenters. The molecule has 0 spiro atoms. The molecule has 216 valence electrons. The number of hydrogen-bond acceptors (Lipinski definition) is 4. The van der Waals surface area contributed by atoms with Gasteiger partial charge in [0.2, 0.25) is 0 Å². The summed E-state index contributed by atoms with van der Waals surface area (Å²) in [6.07, 6.45) is 1.59. The molecule has 0 fully saturated rings. The Kier molecular flexibility index (Phi) is 8.75. The number of aromatic nitrogens is 2. The molecular formula is C37H29BrN4O2. The van der Waals surface area contributed by atoms with Gasteiger partial charge in [0.15, 0.2) is 5.69 Å². The van der Waals surface area contributed by atoms with Gasteiger partial charge in [-0.05, 0) is 83.8 Å². The lowest BCUT2D eigenvalue weighted by Crippen LogP contribution is -2.18. The van der Waals surface area contributed by atoms with Crippen LogP contribution in [0.5, 0.6) is 5.75 Å². The number of nitrogens with one attached hydrogen (secondary N) is 1. The monoisotopic (exact) mass is 640 g/mol. The maximum Gasteiger partial charge on any atom is 0.291 e. The number of halogens is 1. The molecule has 1 N–H and O–H groups in total. The van der Waals surface area contributed by atoms with Crippen molar-refractivity contribution in [1.29, 1.82) is 0 Å². The Morgan fingerprint density at radius 1 is 0.818 bits per heavy atom. The molecule has 0 aliphatic heterocycles. The van der Waals surface area contributed by atoms with Crippen molar-refractivity contribution in [3.8, 4) is 33.8 Å². The van der Waals surface area contributed by atoms with Gasteiger partial charge in [-0.3, -0.25) is 4.79 Å². The largest absolute Gasteiger partial charge is 0.489 e. The number of amides is 1. The number of carbonyl (C=O) groups is 1. The first-order chi connectivity index (χ1) is 21.5. The third-order valence-corrected chi connectivity index (χ3v) is 7.62. The molecule has 0 radical (unpaired) electrons. The molecule has 0 saturated heterocycles. The van der Waals surface area contributed by atoms with Crippen LogP contribution >= 0.6 is 15.9 Å². The van der Waals surface area contributed by atoms with E-state index < -0.39 is 5.91 Å². The van der Waals surface area contributed by atoms with Crippen molar-refractivity contribution in [1.82, 2.24) is 15.2 Å². The van der Waals surface area contributed by atoms with Crippen LogP contribution in [-0.2, 0) is 6.61 Å². The SMILES string of the molecule is Cc1ccc(-n2nc(C(=O)N/N=C\c3ccc(OCc4ccc(Br)cc4)cc3)cc2-c2ccc(-c3ccccc3)cc2)cc1. The molecule has 7 heteroatoms. The van der Waals surface area contributed by atoms with Gasteiger partial charge in [-0.2, -0.15) is 10.2 Å². The quantitative estimate of drug-likeness (QED) is 0.127. The van der Waals surface area contributed by atoms with Crippen LogP contribution in [0.25, 0.3) is 28.1 Å². The second kappa shape index (κ2) is 13.4. The van der Waals surface area contributed by atoms with Gasteiger partial charge in [0.25, 0.3) is 5.91 Å². The van der Waals surface area contributed by atoms with E-state index in [0.29, 0.717) is 6.61 Å². The molecule has 1 amide bonds. The predicted octanol–water partition coefficient (Wildman–Crippen LogP) is 8.62. The average molecular weight is 642 g/mol. The van der Waals surface area contributed by atoms with Crippen LogP contribution in [0.3, 0.4) is 0 Å². The Morgan fingerprint density at radius 3 is 2.18 bits per heavy atom. The summed E-state index contributed by atoms with van der Waals surface area (Å²) in [6, 6.07) is 43.9. The lowest BCUT2D eigenvalue weighted by molar-refractivity contribution is 0.0949. The van der Waals surface area contributed by atoms with Crippen molar-refractivity contribution in [2.75, 3.05) is 0 Å². The van der Waals surface area contributed by atoms with E-state index in [0.717, 1.165) is 55.0 Å². The van der Waals surface area contributed by atoms with Crippen LogP contribution in [0.4, 0.5) is 0 Å². The minimum atomic E-state index is -0.399. The number of carbonyl (C=O) groups excluding carboxylic acids is 1. The molecule has 44 heavy (non-hydrogen) atoms. The standard InChI is InChI=1S/C37H29BrN4O2/c1-26-7-19-33(20-8-26)42-36(31-15-13-30(14-16-31)29-5-3-2-4-6-29)23-35(41-42)37(43)40-39-24-27-11-21-34(22-12-27)44-25-28-9-17-32(38)18-10-28/h2-24H,25H2,1H3,(H,40,43)/b39-24-. The summed E-state index contributed by atoms with van der Waals surface area (Å²) in [5.41, 5.74) is 10.8. The number of hydrazone groups is 1. The molecule has 0 saturated carbocycles. The zero-order valence-electron chi connectivity index (χ0n) is 24.0. The maximum absolute atomic E-state index is 13.1. The number of ether oxygens (including phenoxy) is 1. The third-order valence-electron chi connectivity index (χ3n) is 7.09. The molecule has 6 nitrogen and oxygen atoms in total. The van der Waals surface area contributed by atoms with Crippen molar-refractivity contribution in [3.63, 3.8) is 0 Å². The maximum atomic E-state index is 13.1. The molecule has 0 unspecified atom stereocenters. The van der Waals surface area contributed by atoms with Gasteiger partial charge in [-0.1, -0.05) is 100 Å². The van der Waals surface area contributed by atoms with Crippen LogP contribution in [0.15, 0.2) is 143 Å². The molecule has 0 aliphatic rings. The minimum absolute atomic E-state index is 0.265. The first kappa shape index (κ1) is 28.8. The lowest BCUT2D eigenvalue weighted by Gasteiger charge is -2.09. The zero-order chi connectivity index (χ0) is 30.3. The highest BCUT2D eigenvalue weighted by Gasteiger charge is 2.17. The molecule has 0 aliphatic carbocycles. The van der Waals surface area contributed by atoms with Gasteiger partial charge in [0.05, 0.1) is 17.6 Å². The van der Waals surface area contributed by atoms with Crippen molar-refractivity contribution in [2.24, 2.45) is 5.10 Å². The highest BCUT2D eigenvalue weighted by atomic mass is 79.9. The predicted molar refractivity (Wildman–Crippen MR) is 179 cm³/mol. The molecule has 1 aromatic heterocycles. The van der Waals surface area contributed by atoms with Crippen LogP contribution in [0, 0.1) is 6.92 Å². The van der Waals surface area contributed by atoms with Crippen LogP contribution in [0.1, 0.15) is 27.2 Å². The van der Waals surface area contributed by atoms with E-state index in [1.165, 1.54) is 0 Å². The van der Waals surface area contributed by atoms with Gasteiger partial charge in [-0.15, -0.1) is 0 Å². The van der Waals surface area contributed by atoms with E-state index in [1.54, 1.807) is 17.0 Å². The van der Waals surface area contributed by atoms with E-state index in [9.17, 15) is 4.79 Å². The summed E-state index contributed by atoms with van der Waals surface area (Å²) in [4.78, 5) is 13.1. The first-order valence-electron chi connectivity index (χ1n) is 14.2. The summed E-state index contributed by atoms with van der Waals surface area (Å²) in [6.45, 7) is 2.52. The normalized spacial score (nSPS) is 11.0. The summed E-state index contributed by atoms with van der Waals surface area (Å²) in [5, 5.41) is 8.84. The molecule has 6 rings (SSSR count). The second-order valence-electron chi connectivity index (χ2n) is 10.3. The second-order valence-corrected chi connectivity index (χ2v) is 11.2. The topological polar surface area (TPSA) is 68.5 Å². The molecule has 1 heterocycles. The van der Waals surface area contributed by atoms with Crippen molar-refractivity contribution < 1.29 is 9.53 Å². The number of hydrogen-bond donors (Lipinski definition) is 1. The van der Waals surface area contributed by atoms with E-state index in [-0.39, 0.29) is 5.69 Å². The van der Waals surface area contributed by atoms with Crippen molar-refractivity contribution in [3.05, 3.63) is 160 Å². The van der Waals surface area contributed by atoms with Crippen molar-refractivity contribution >= 4 is 28.1 Å². The fourth-order valence-corrected chi connectivity index (χ4v) is 4.93. The molecular weight excluding hydrogens is 612 g/mol. The number of nitrogens with zero attached hydrogens (tertiary/aromatic N) is 3. The molecule has 0 bridgehead atoms. The Labute approximate surface area is 264 Å². The summed E-state index contributed by atoms with van der Waals surface area (Å²) in [7, 11) is 0. The van der Waals surface area contributed by atoms with Gasteiger partial charge in [0, 0.05) is 10.0 Å². The minimum Gasteiger partial charge on any atom is -0.489 e. The number of rotatable bonds is 9. The Balaban J connectivity index is 1.16. The third kappa shape index (κ3) is 7.02. The van der Waals surface area contributed by atoms with Gasteiger partial charge >= 0.3 is 0 Å². The Hall–Kier alpha value is -5.27. The van der Waals surface area contributed by atoms with E-state index in [2.05, 4.69) is 68.0 Å². The summed E-state index contributed by atoms with van der Waals surface area (Å²) in [5.74, 6) is 0.351. The van der Waals surface area contributed by atoms with Crippen LogP contribution in [-0.4, -0.2) is 21.9 Å². The van der Waals surface area contributed by atoms with Gasteiger partial charge in [-0.25, -0.2) is 10.1 Å². The van der Waals surface area contributed by atoms with E-state index >= 15 is 0 Å². The van der Waals surface area contributed by atoms with Gasteiger partial charge < -0.3 is 4.74 Å². The smallest absolute Gasteiger partial charge is 0.291 e. The Morgan fingerprint density at radius 2 is 1.48 bits per heavy atom. The van der Waals surface area contributed by atoms with Gasteiger partial charge in [0.1, 0.15) is 12.4 Å². The fourth-order valence-electron chi connectivity index (χ4n) is 4.66. The van der Waals surface area contributed by atoms with Crippen molar-refractivity contribution in [2.45, 2.75) is 13.5 Å². The summed E-state index contributed by atoms with van der Waals surface area (Å²) < 4.78 is 8.70. The number of aryl methyl sites for hydroxylation is 1. The zero-order valence-corrected chi connectivity index (χ0v) is 25.6. The van der Waals surface area contributed by atoms with E-state index in [4.69, 9.17) is 4.74 Å². The van der Waals surface area contributed by atoms with Crippen LogP contribution in [0.2, 0.25) is 0 Å². The van der Waals surface area contributed by atoms with Crippen LogP contribution < -0.4 is 10.2 Å². The highest BCUT2D eigenvalue weighted by Crippen LogP contribution is 2.28. The summed E-state index contributed by atoms with van der Waals surface area (Å²) >= 11 is 3.44. The lowest BCUT2D eigenvalue weighted by atomic mass is 10.0. The fraction of sp³-hybridized carbons (Fsp3) is 0.0541. The molecule has 6 aromatic rings. The highest BCUT2D eigenvalue weighted by molar-refractivity contribution is 9.10. The average Bonchev–Trinajstić information content (AvgIpc) is 3.52. The Bertz CT molecular complexity index is 1880. The molecule has 5 aromatic carbocycles. The number of benzene rings is 5. The van der Waals surface area contributed by atoms with E-state index in [1.807, 2.05) is 97.9 Å². The first-order valence-corrected chi connectivity index (χ1v) is 14.9.